The van der Waals surface area contributed by atoms with Crippen LogP contribution in [0.4, 0.5) is 11.4 Å². The van der Waals surface area contributed by atoms with E-state index in [9.17, 15) is 13.2 Å². The number of hydrogen-bond donors (Lipinski definition) is 1. The summed E-state index contributed by atoms with van der Waals surface area (Å²) in [7, 11) is -3.67. The number of para-hydroxylation sites is 2. The standard InChI is InChI=1S/C24H31N3O5S/c1-4-27(5-2)33(29,30)18-12-13-20(26-14-8-9-15-26)19(16-18)25-24(28)23-17(3)31-21-10-6-7-11-22(21)32-23/h6-7,10-13,16-17,23H,4-5,8-9,14-15H2,1-3H3,(H,25,28)/t17-,23+/m0/s1. The van der Waals surface area contributed by atoms with Crippen LogP contribution in [0.25, 0.3) is 0 Å². The minimum absolute atomic E-state index is 0.156. The quantitative estimate of drug-likeness (QED) is 0.662. The van der Waals surface area contributed by atoms with Crippen molar-refractivity contribution >= 4 is 27.3 Å². The number of anilines is 2. The Balaban J connectivity index is 1.65. The fraction of sp³-hybridized carbons (Fsp3) is 0.458. The Bertz CT molecular complexity index is 1110. The van der Waals surface area contributed by atoms with E-state index in [1.165, 1.54) is 4.31 Å². The number of nitrogens with zero attached hydrogens (tertiary/aromatic N) is 2. The lowest BCUT2D eigenvalue weighted by atomic mass is 10.1. The van der Waals surface area contributed by atoms with Crippen LogP contribution in [0.2, 0.25) is 0 Å². The molecule has 2 aliphatic rings. The van der Waals surface area contributed by atoms with E-state index in [2.05, 4.69) is 10.2 Å². The molecule has 2 aliphatic heterocycles. The maximum atomic E-state index is 13.3. The van der Waals surface area contributed by atoms with Crippen LogP contribution in [-0.2, 0) is 14.8 Å². The van der Waals surface area contributed by atoms with Crippen molar-refractivity contribution in [1.29, 1.82) is 0 Å². The van der Waals surface area contributed by atoms with E-state index in [0.29, 0.717) is 30.3 Å². The molecule has 2 atom stereocenters. The summed E-state index contributed by atoms with van der Waals surface area (Å²) in [5.74, 6) is 0.724. The highest BCUT2D eigenvalue weighted by atomic mass is 32.2. The van der Waals surface area contributed by atoms with Gasteiger partial charge in [0.05, 0.1) is 16.3 Å². The molecule has 8 nitrogen and oxygen atoms in total. The van der Waals surface area contributed by atoms with Crippen molar-refractivity contribution in [3.63, 3.8) is 0 Å². The highest BCUT2D eigenvalue weighted by Crippen LogP contribution is 2.35. The van der Waals surface area contributed by atoms with E-state index in [4.69, 9.17) is 9.47 Å². The van der Waals surface area contributed by atoms with Crippen LogP contribution in [0.1, 0.15) is 33.6 Å². The number of fused-ring (bicyclic) bond motifs is 1. The number of nitrogens with one attached hydrogen (secondary N) is 1. The highest BCUT2D eigenvalue weighted by molar-refractivity contribution is 7.89. The van der Waals surface area contributed by atoms with Crippen LogP contribution in [0.5, 0.6) is 11.5 Å². The third-order valence-corrected chi connectivity index (χ3v) is 8.16. The van der Waals surface area contributed by atoms with Crippen molar-refractivity contribution in [2.75, 3.05) is 36.4 Å². The van der Waals surface area contributed by atoms with Gasteiger partial charge in [-0.2, -0.15) is 4.31 Å². The SMILES string of the molecule is CCN(CC)S(=O)(=O)c1ccc(N2CCCC2)c(NC(=O)[C@@H]2Oc3ccccc3O[C@H]2C)c1. The largest absolute Gasteiger partial charge is 0.482 e. The van der Waals surface area contributed by atoms with Gasteiger partial charge in [0, 0.05) is 26.2 Å². The average Bonchev–Trinajstić information content (AvgIpc) is 3.34. The molecule has 1 fully saturated rings. The number of carbonyl (C=O) groups excluding carboxylic acids is 1. The van der Waals surface area contributed by atoms with Gasteiger partial charge >= 0.3 is 0 Å². The predicted molar refractivity (Wildman–Crippen MR) is 128 cm³/mol. The third-order valence-electron chi connectivity index (χ3n) is 6.12. The lowest BCUT2D eigenvalue weighted by Crippen LogP contribution is -2.46. The van der Waals surface area contributed by atoms with Crippen LogP contribution in [0.3, 0.4) is 0 Å². The number of sulfonamides is 1. The molecule has 1 amide bonds. The normalized spacial score (nSPS) is 20.2. The van der Waals surface area contributed by atoms with Gasteiger partial charge in [-0.3, -0.25) is 4.79 Å². The van der Waals surface area contributed by atoms with Crippen molar-refractivity contribution in [2.45, 2.75) is 50.7 Å². The Morgan fingerprint density at radius 2 is 1.70 bits per heavy atom. The molecule has 2 aromatic rings. The van der Waals surface area contributed by atoms with Crippen molar-refractivity contribution < 1.29 is 22.7 Å². The Hall–Kier alpha value is -2.78. The minimum atomic E-state index is -3.67. The van der Waals surface area contributed by atoms with E-state index in [0.717, 1.165) is 31.6 Å². The van der Waals surface area contributed by atoms with Gasteiger partial charge in [0.25, 0.3) is 5.91 Å². The molecule has 2 aromatic carbocycles. The first-order chi connectivity index (χ1) is 15.8. The molecule has 1 N–H and O–H groups in total. The van der Waals surface area contributed by atoms with E-state index in [1.807, 2.05) is 26.0 Å². The molecule has 0 spiro atoms. The molecule has 0 aromatic heterocycles. The van der Waals surface area contributed by atoms with Gasteiger partial charge in [-0.15, -0.1) is 0 Å². The Kier molecular flexibility index (Phi) is 6.81. The topological polar surface area (TPSA) is 88.2 Å². The third kappa shape index (κ3) is 4.65. The molecule has 33 heavy (non-hydrogen) atoms. The number of hydrogen-bond acceptors (Lipinski definition) is 6. The van der Waals surface area contributed by atoms with Crippen molar-refractivity contribution in [1.82, 2.24) is 4.31 Å². The summed E-state index contributed by atoms with van der Waals surface area (Å²) < 4.78 is 39.4. The number of rotatable bonds is 7. The molecule has 0 radical (unpaired) electrons. The molecule has 178 valence electrons. The van der Waals surface area contributed by atoms with Gasteiger partial charge in [0.15, 0.2) is 11.5 Å². The number of carbonyl (C=O) groups is 1. The number of amides is 1. The smallest absolute Gasteiger partial charge is 0.269 e. The fourth-order valence-corrected chi connectivity index (χ4v) is 5.82. The summed E-state index contributed by atoms with van der Waals surface area (Å²) in [4.78, 5) is 15.6. The maximum Gasteiger partial charge on any atom is 0.269 e. The van der Waals surface area contributed by atoms with Gasteiger partial charge in [0.1, 0.15) is 6.10 Å². The number of benzene rings is 2. The predicted octanol–water partition coefficient (Wildman–Crippen LogP) is 3.48. The van der Waals surface area contributed by atoms with Crippen molar-refractivity contribution in [2.24, 2.45) is 0 Å². The van der Waals surface area contributed by atoms with Gasteiger partial charge in [-0.25, -0.2) is 8.42 Å². The monoisotopic (exact) mass is 473 g/mol. The van der Waals surface area contributed by atoms with Crippen LogP contribution in [-0.4, -0.2) is 57.0 Å². The Morgan fingerprint density at radius 3 is 2.33 bits per heavy atom. The molecule has 0 unspecified atom stereocenters. The summed E-state index contributed by atoms with van der Waals surface area (Å²) >= 11 is 0. The van der Waals surface area contributed by atoms with Crippen LogP contribution in [0, 0.1) is 0 Å². The molecule has 2 heterocycles. The summed E-state index contributed by atoms with van der Waals surface area (Å²) in [6.45, 7) is 7.86. The lowest BCUT2D eigenvalue weighted by Gasteiger charge is -2.31. The second-order valence-corrected chi connectivity index (χ2v) is 10.2. The molecule has 0 bridgehead atoms. The van der Waals surface area contributed by atoms with Crippen LogP contribution < -0.4 is 19.7 Å². The first-order valence-corrected chi connectivity index (χ1v) is 12.9. The maximum absolute atomic E-state index is 13.3. The van der Waals surface area contributed by atoms with Gasteiger partial charge in [-0.1, -0.05) is 26.0 Å². The van der Waals surface area contributed by atoms with Gasteiger partial charge < -0.3 is 19.7 Å². The Morgan fingerprint density at radius 1 is 1.06 bits per heavy atom. The molecule has 0 aliphatic carbocycles. The zero-order valence-electron chi connectivity index (χ0n) is 19.3. The van der Waals surface area contributed by atoms with Gasteiger partial charge in [0.2, 0.25) is 16.1 Å². The minimum Gasteiger partial charge on any atom is -0.482 e. The summed E-state index contributed by atoms with van der Waals surface area (Å²) in [5, 5.41) is 2.94. The second kappa shape index (κ2) is 9.61. The second-order valence-electron chi connectivity index (χ2n) is 8.26. The van der Waals surface area contributed by atoms with E-state index >= 15 is 0 Å². The molecular weight excluding hydrogens is 442 g/mol. The summed E-state index contributed by atoms with van der Waals surface area (Å²) in [6.07, 6.45) is 0.743. The summed E-state index contributed by atoms with van der Waals surface area (Å²) in [5.41, 5.74) is 1.27. The zero-order valence-corrected chi connectivity index (χ0v) is 20.1. The van der Waals surface area contributed by atoms with E-state index in [1.54, 1.807) is 37.3 Å². The molecule has 0 saturated carbocycles. The average molecular weight is 474 g/mol. The molecule has 9 heteroatoms. The van der Waals surface area contributed by atoms with Crippen LogP contribution in [0.15, 0.2) is 47.4 Å². The van der Waals surface area contributed by atoms with Crippen molar-refractivity contribution in [3.05, 3.63) is 42.5 Å². The van der Waals surface area contributed by atoms with Gasteiger partial charge in [-0.05, 0) is 50.1 Å². The first kappa shape index (κ1) is 23.4. The molecule has 1 saturated heterocycles. The van der Waals surface area contributed by atoms with Crippen molar-refractivity contribution in [3.8, 4) is 11.5 Å². The van der Waals surface area contributed by atoms with E-state index in [-0.39, 0.29) is 10.8 Å². The Labute approximate surface area is 195 Å². The lowest BCUT2D eigenvalue weighted by molar-refractivity contribution is -0.128. The first-order valence-electron chi connectivity index (χ1n) is 11.5. The highest BCUT2D eigenvalue weighted by Gasteiger charge is 2.35. The summed E-state index contributed by atoms with van der Waals surface area (Å²) in [6, 6.07) is 12.2. The molecule has 4 rings (SSSR count). The van der Waals surface area contributed by atoms with Crippen LogP contribution >= 0.6 is 0 Å². The van der Waals surface area contributed by atoms with E-state index < -0.39 is 22.2 Å². The zero-order chi connectivity index (χ0) is 23.6. The fourth-order valence-electron chi connectivity index (χ4n) is 4.33. The number of ether oxygens (including phenoxy) is 2. The molecular formula is C24H31N3O5S.